The van der Waals surface area contributed by atoms with Crippen LogP contribution in [-0.4, -0.2) is 9.97 Å². The standard InChI is InChI=1S/C9H10N2O/c1-3-8-11-7-4-6(2)5-10-9(7)12-8/h4-5H,3H2,1-2H3. The van der Waals surface area contributed by atoms with Gasteiger partial charge in [-0.05, 0) is 18.6 Å². The van der Waals surface area contributed by atoms with E-state index in [0.717, 1.165) is 23.4 Å². The number of pyridine rings is 1. The van der Waals surface area contributed by atoms with Crippen molar-refractivity contribution in [1.29, 1.82) is 0 Å². The normalized spacial score (nSPS) is 10.8. The first-order chi connectivity index (χ1) is 5.79. The lowest BCUT2D eigenvalue weighted by Gasteiger charge is -1.86. The Labute approximate surface area is 70.4 Å². The molecule has 0 aliphatic rings. The predicted molar refractivity (Wildman–Crippen MR) is 45.9 cm³/mol. The summed E-state index contributed by atoms with van der Waals surface area (Å²) in [4.78, 5) is 8.38. The van der Waals surface area contributed by atoms with Crippen LogP contribution in [0.5, 0.6) is 0 Å². The molecule has 2 aromatic heterocycles. The molecule has 0 spiro atoms. The van der Waals surface area contributed by atoms with Crippen LogP contribution in [0.4, 0.5) is 0 Å². The highest BCUT2D eigenvalue weighted by Gasteiger charge is 2.03. The van der Waals surface area contributed by atoms with Crippen LogP contribution < -0.4 is 0 Å². The van der Waals surface area contributed by atoms with Crippen molar-refractivity contribution in [3.63, 3.8) is 0 Å². The third-order valence-corrected chi connectivity index (χ3v) is 1.73. The highest BCUT2D eigenvalue weighted by atomic mass is 16.4. The molecule has 3 nitrogen and oxygen atoms in total. The van der Waals surface area contributed by atoms with Crippen molar-refractivity contribution in [2.24, 2.45) is 0 Å². The van der Waals surface area contributed by atoms with E-state index in [9.17, 15) is 0 Å². The third-order valence-electron chi connectivity index (χ3n) is 1.73. The molecule has 0 radical (unpaired) electrons. The summed E-state index contributed by atoms with van der Waals surface area (Å²) in [5, 5.41) is 0. The van der Waals surface area contributed by atoms with E-state index in [2.05, 4.69) is 9.97 Å². The van der Waals surface area contributed by atoms with Gasteiger partial charge < -0.3 is 4.42 Å². The third kappa shape index (κ3) is 1.07. The fraction of sp³-hybridized carbons (Fsp3) is 0.333. The van der Waals surface area contributed by atoms with Crippen LogP contribution in [-0.2, 0) is 6.42 Å². The zero-order chi connectivity index (χ0) is 8.55. The highest BCUT2D eigenvalue weighted by Crippen LogP contribution is 2.13. The lowest BCUT2D eigenvalue weighted by atomic mass is 10.3. The van der Waals surface area contributed by atoms with Gasteiger partial charge >= 0.3 is 0 Å². The maximum Gasteiger partial charge on any atom is 0.246 e. The molecule has 62 valence electrons. The SMILES string of the molecule is CCc1nc2cc(C)cnc2o1. The maximum absolute atomic E-state index is 5.35. The van der Waals surface area contributed by atoms with E-state index in [0.29, 0.717) is 5.71 Å². The summed E-state index contributed by atoms with van der Waals surface area (Å²) in [6.45, 7) is 4.00. The van der Waals surface area contributed by atoms with Crippen molar-refractivity contribution in [3.8, 4) is 0 Å². The van der Waals surface area contributed by atoms with Gasteiger partial charge in [0.15, 0.2) is 5.89 Å². The Hall–Kier alpha value is -1.38. The van der Waals surface area contributed by atoms with Gasteiger partial charge in [0.1, 0.15) is 5.52 Å². The second-order valence-corrected chi connectivity index (χ2v) is 2.80. The fourth-order valence-electron chi connectivity index (χ4n) is 1.12. The topological polar surface area (TPSA) is 38.9 Å². The molecule has 0 aliphatic heterocycles. The zero-order valence-corrected chi connectivity index (χ0v) is 7.16. The highest BCUT2D eigenvalue weighted by molar-refractivity contribution is 5.68. The van der Waals surface area contributed by atoms with Gasteiger partial charge in [-0.15, -0.1) is 0 Å². The molecule has 2 aromatic rings. The Bertz CT molecular complexity index is 406. The number of aryl methyl sites for hydroxylation is 2. The average molecular weight is 162 g/mol. The minimum Gasteiger partial charge on any atom is -0.422 e. The predicted octanol–water partition coefficient (Wildman–Crippen LogP) is 2.09. The Balaban J connectivity index is 2.67. The summed E-state index contributed by atoms with van der Waals surface area (Å²) >= 11 is 0. The summed E-state index contributed by atoms with van der Waals surface area (Å²) in [6.07, 6.45) is 2.60. The molecular weight excluding hydrogens is 152 g/mol. The first-order valence-corrected chi connectivity index (χ1v) is 4.01. The molecular formula is C9H10N2O. The lowest BCUT2D eigenvalue weighted by molar-refractivity contribution is 0.529. The number of oxazole rings is 1. The van der Waals surface area contributed by atoms with Gasteiger partial charge in [-0.2, -0.15) is 0 Å². The van der Waals surface area contributed by atoms with Crippen molar-refractivity contribution >= 4 is 11.2 Å². The van der Waals surface area contributed by atoms with Crippen molar-refractivity contribution in [1.82, 2.24) is 9.97 Å². The summed E-state index contributed by atoms with van der Waals surface area (Å²) in [5.41, 5.74) is 2.60. The van der Waals surface area contributed by atoms with Gasteiger partial charge in [-0.3, -0.25) is 0 Å². The molecule has 12 heavy (non-hydrogen) atoms. The van der Waals surface area contributed by atoms with E-state index in [1.807, 2.05) is 19.9 Å². The smallest absolute Gasteiger partial charge is 0.246 e. The Kier molecular flexibility index (Phi) is 1.57. The Morgan fingerprint density at radius 3 is 3.08 bits per heavy atom. The van der Waals surface area contributed by atoms with E-state index < -0.39 is 0 Å². The molecule has 0 bridgehead atoms. The van der Waals surface area contributed by atoms with Crippen LogP contribution in [0.3, 0.4) is 0 Å². The number of aromatic nitrogens is 2. The summed E-state index contributed by atoms with van der Waals surface area (Å²) in [6, 6.07) is 1.98. The molecule has 0 amide bonds. The minimum atomic E-state index is 0.637. The second-order valence-electron chi connectivity index (χ2n) is 2.80. The number of hydrogen-bond acceptors (Lipinski definition) is 3. The van der Waals surface area contributed by atoms with Gasteiger partial charge in [0, 0.05) is 12.6 Å². The molecule has 0 aromatic carbocycles. The Morgan fingerprint density at radius 1 is 1.50 bits per heavy atom. The zero-order valence-electron chi connectivity index (χ0n) is 7.16. The first-order valence-electron chi connectivity index (χ1n) is 4.01. The number of nitrogens with zero attached hydrogens (tertiary/aromatic N) is 2. The van der Waals surface area contributed by atoms with Crippen molar-refractivity contribution in [3.05, 3.63) is 23.7 Å². The number of fused-ring (bicyclic) bond motifs is 1. The number of rotatable bonds is 1. The van der Waals surface area contributed by atoms with E-state index >= 15 is 0 Å². The molecule has 2 rings (SSSR count). The average Bonchev–Trinajstić information content (AvgIpc) is 2.46. The van der Waals surface area contributed by atoms with Gasteiger partial charge in [0.25, 0.3) is 0 Å². The van der Waals surface area contributed by atoms with Crippen molar-refractivity contribution in [2.75, 3.05) is 0 Å². The van der Waals surface area contributed by atoms with E-state index in [1.54, 1.807) is 6.20 Å². The molecule has 0 saturated heterocycles. The van der Waals surface area contributed by atoms with Crippen LogP contribution in [0.15, 0.2) is 16.7 Å². The second kappa shape index (κ2) is 2.59. The van der Waals surface area contributed by atoms with Crippen LogP contribution in [0, 0.1) is 6.92 Å². The first kappa shape index (κ1) is 7.28. The molecule has 0 unspecified atom stereocenters. The maximum atomic E-state index is 5.35. The van der Waals surface area contributed by atoms with Crippen LogP contribution >= 0.6 is 0 Å². The van der Waals surface area contributed by atoms with Gasteiger partial charge in [-0.25, -0.2) is 9.97 Å². The van der Waals surface area contributed by atoms with E-state index in [-0.39, 0.29) is 0 Å². The van der Waals surface area contributed by atoms with Crippen molar-refractivity contribution in [2.45, 2.75) is 20.3 Å². The minimum absolute atomic E-state index is 0.637. The van der Waals surface area contributed by atoms with Gasteiger partial charge in [-0.1, -0.05) is 6.92 Å². The monoisotopic (exact) mass is 162 g/mol. The van der Waals surface area contributed by atoms with Crippen LogP contribution in [0.1, 0.15) is 18.4 Å². The van der Waals surface area contributed by atoms with Crippen LogP contribution in [0.25, 0.3) is 11.2 Å². The fourth-order valence-corrected chi connectivity index (χ4v) is 1.12. The van der Waals surface area contributed by atoms with Crippen molar-refractivity contribution < 1.29 is 4.42 Å². The molecule has 0 fully saturated rings. The van der Waals surface area contributed by atoms with E-state index in [4.69, 9.17) is 4.42 Å². The quantitative estimate of drug-likeness (QED) is 0.644. The molecule has 0 saturated carbocycles. The Morgan fingerprint density at radius 2 is 2.33 bits per heavy atom. The summed E-state index contributed by atoms with van der Waals surface area (Å²) in [5.74, 6) is 0.753. The summed E-state index contributed by atoms with van der Waals surface area (Å²) in [7, 11) is 0. The molecule has 0 aliphatic carbocycles. The molecule has 0 atom stereocenters. The van der Waals surface area contributed by atoms with E-state index in [1.165, 1.54) is 0 Å². The lowest BCUT2D eigenvalue weighted by Crippen LogP contribution is -1.77. The molecule has 2 heterocycles. The van der Waals surface area contributed by atoms with Gasteiger partial charge in [0.05, 0.1) is 0 Å². The van der Waals surface area contributed by atoms with Crippen LogP contribution in [0.2, 0.25) is 0 Å². The largest absolute Gasteiger partial charge is 0.422 e. The molecule has 3 heteroatoms. The number of hydrogen-bond donors (Lipinski definition) is 0. The molecule has 0 N–H and O–H groups in total. The summed E-state index contributed by atoms with van der Waals surface area (Å²) < 4.78 is 5.35. The van der Waals surface area contributed by atoms with Gasteiger partial charge in [0.2, 0.25) is 5.71 Å².